The Labute approximate surface area is 125 Å². The molecule has 0 amide bonds. The van der Waals surface area contributed by atoms with Crippen LogP contribution in [0.1, 0.15) is 68.5 Å². The average Bonchev–Trinajstić information content (AvgIpc) is 2.81. The molecular formula is C15H25NOS2. The normalized spacial score (nSPS) is 17.9. The molecule has 19 heavy (non-hydrogen) atoms. The van der Waals surface area contributed by atoms with Gasteiger partial charge in [-0.2, -0.15) is 11.8 Å². The summed E-state index contributed by atoms with van der Waals surface area (Å²) in [6, 6.07) is 0. The summed E-state index contributed by atoms with van der Waals surface area (Å²) < 4.78 is 0. The monoisotopic (exact) mass is 299 g/mol. The first-order valence-corrected chi connectivity index (χ1v) is 9.20. The van der Waals surface area contributed by atoms with Crippen molar-refractivity contribution in [2.24, 2.45) is 0 Å². The molecular weight excluding hydrogens is 274 g/mol. The summed E-state index contributed by atoms with van der Waals surface area (Å²) in [4.78, 5) is 5.77. The summed E-state index contributed by atoms with van der Waals surface area (Å²) in [6.45, 7) is 5.83. The van der Waals surface area contributed by atoms with Crippen molar-refractivity contribution in [3.8, 4) is 0 Å². The quantitative estimate of drug-likeness (QED) is 0.869. The van der Waals surface area contributed by atoms with E-state index in [4.69, 9.17) is 4.98 Å². The Kier molecular flexibility index (Phi) is 5.32. The van der Waals surface area contributed by atoms with Crippen LogP contribution in [0.2, 0.25) is 0 Å². The molecule has 1 N–H and O–H groups in total. The predicted molar refractivity (Wildman–Crippen MR) is 84.9 cm³/mol. The van der Waals surface area contributed by atoms with E-state index in [9.17, 15) is 5.11 Å². The number of hydrogen-bond acceptors (Lipinski definition) is 4. The minimum absolute atomic E-state index is 0.753. The van der Waals surface area contributed by atoms with Crippen LogP contribution in [-0.2, 0) is 17.8 Å². The Morgan fingerprint density at radius 2 is 2.00 bits per heavy atom. The van der Waals surface area contributed by atoms with Crippen molar-refractivity contribution >= 4 is 23.1 Å². The largest absolute Gasteiger partial charge is 0.385 e. The lowest BCUT2D eigenvalue weighted by Gasteiger charge is -2.20. The number of nitrogens with zero attached hydrogens (tertiary/aromatic N) is 1. The third-order valence-electron chi connectivity index (χ3n) is 3.63. The standard InChI is InChI=1S/C15H25NOS2/c1-4-12-14(15(2,3)17)19-13(16-12)10-18-11-8-6-5-7-9-11/h11,17H,4-10H2,1-3H3. The van der Waals surface area contributed by atoms with E-state index in [1.54, 1.807) is 11.3 Å². The molecule has 1 fully saturated rings. The second-order valence-electron chi connectivity index (χ2n) is 5.87. The molecule has 0 aromatic carbocycles. The van der Waals surface area contributed by atoms with Crippen LogP contribution in [0.3, 0.4) is 0 Å². The smallest absolute Gasteiger partial charge is 0.103 e. The fourth-order valence-electron chi connectivity index (χ4n) is 2.60. The highest BCUT2D eigenvalue weighted by atomic mass is 32.2. The second kappa shape index (κ2) is 6.59. The molecule has 0 aliphatic heterocycles. The molecule has 0 bridgehead atoms. The first-order valence-electron chi connectivity index (χ1n) is 7.33. The van der Waals surface area contributed by atoms with Gasteiger partial charge in [0.2, 0.25) is 0 Å². The van der Waals surface area contributed by atoms with E-state index < -0.39 is 5.60 Å². The minimum Gasteiger partial charge on any atom is -0.385 e. The maximum Gasteiger partial charge on any atom is 0.103 e. The number of aliphatic hydroxyl groups is 1. The van der Waals surface area contributed by atoms with E-state index in [1.165, 1.54) is 37.1 Å². The highest BCUT2D eigenvalue weighted by molar-refractivity contribution is 7.99. The Balaban J connectivity index is 1.98. The SMILES string of the molecule is CCc1nc(CSC2CCCCC2)sc1C(C)(C)O. The van der Waals surface area contributed by atoms with Crippen molar-refractivity contribution in [3.63, 3.8) is 0 Å². The fraction of sp³-hybridized carbons (Fsp3) is 0.800. The molecule has 0 spiro atoms. The molecule has 1 aliphatic rings. The van der Waals surface area contributed by atoms with Gasteiger partial charge in [-0.3, -0.25) is 0 Å². The minimum atomic E-state index is -0.753. The molecule has 1 aliphatic carbocycles. The lowest BCUT2D eigenvalue weighted by molar-refractivity contribution is 0.0814. The highest BCUT2D eigenvalue weighted by Gasteiger charge is 2.24. The van der Waals surface area contributed by atoms with Gasteiger partial charge in [0.05, 0.1) is 16.2 Å². The molecule has 1 aromatic rings. The zero-order valence-corrected chi connectivity index (χ0v) is 13.9. The van der Waals surface area contributed by atoms with Crippen LogP contribution in [0.25, 0.3) is 0 Å². The Morgan fingerprint density at radius 3 is 2.53 bits per heavy atom. The van der Waals surface area contributed by atoms with Crippen LogP contribution >= 0.6 is 23.1 Å². The van der Waals surface area contributed by atoms with Crippen molar-refractivity contribution in [1.29, 1.82) is 0 Å². The van der Waals surface area contributed by atoms with E-state index in [0.29, 0.717) is 0 Å². The predicted octanol–water partition coefficient (Wildman–Crippen LogP) is 4.50. The van der Waals surface area contributed by atoms with Gasteiger partial charge < -0.3 is 5.11 Å². The first kappa shape index (κ1) is 15.3. The lowest BCUT2D eigenvalue weighted by atomic mass is 10.0. The molecule has 1 aromatic heterocycles. The zero-order valence-electron chi connectivity index (χ0n) is 12.2. The molecule has 2 rings (SSSR count). The number of aryl methyl sites for hydroxylation is 1. The Morgan fingerprint density at radius 1 is 1.32 bits per heavy atom. The van der Waals surface area contributed by atoms with Crippen LogP contribution in [0.5, 0.6) is 0 Å². The first-order chi connectivity index (χ1) is 9.00. The Bertz CT molecular complexity index is 403. The van der Waals surface area contributed by atoms with Crippen molar-refractivity contribution in [2.75, 3.05) is 0 Å². The zero-order chi connectivity index (χ0) is 13.9. The molecule has 0 radical (unpaired) electrons. The van der Waals surface area contributed by atoms with E-state index in [1.807, 2.05) is 13.8 Å². The van der Waals surface area contributed by atoms with Crippen LogP contribution < -0.4 is 0 Å². The summed E-state index contributed by atoms with van der Waals surface area (Å²) in [7, 11) is 0. The summed E-state index contributed by atoms with van der Waals surface area (Å²) in [5.41, 5.74) is 0.327. The van der Waals surface area contributed by atoms with Crippen LogP contribution in [0.15, 0.2) is 0 Å². The van der Waals surface area contributed by atoms with E-state index in [0.717, 1.165) is 28.0 Å². The summed E-state index contributed by atoms with van der Waals surface area (Å²) in [5, 5.41) is 12.2. The Hall–Kier alpha value is -0.0600. The van der Waals surface area contributed by atoms with E-state index in [2.05, 4.69) is 18.7 Å². The van der Waals surface area contributed by atoms with Crippen molar-refractivity contribution in [2.45, 2.75) is 75.9 Å². The number of aromatic nitrogens is 1. The van der Waals surface area contributed by atoms with Gasteiger partial charge in [-0.1, -0.05) is 26.2 Å². The number of rotatable bonds is 5. The van der Waals surface area contributed by atoms with Crippen molar-refractivity contribution < 1.29 is 5.11 Å². The van der Waals surface area contributed by atoms with Gasteiger partial charge in [0.25, 0.3) is 0 Å². The van der Waals surface area contributed by atoms with E-state index in [-0.39, 0.29) is 0 Å². The summed E-state index contributed by atoms with van der Waals surface area (Å²) >= 11 is 3.76. The molecule has 108 valence electrons. The van der Waals surface area contributed by atoms with Gasteiger partial charge in [0.1, 0.15) is 5.01 Å². The fourth-order valence-corrected chi connectivity index (χ4v) is 5.10. The van der Waals surface area contributed by atoms with Crippen LogP contribution in [-0.4, -0.2) is 15.3 Å². The van der Waals surface area contributed by atoms with E-state index >= 15 is 0 Å². The van der Waals surface area contributed by atoms with Gasteiger partial charge in [-0.15, -0.1) is 11.3 Å². The van der Waals surface area contributed by atoms with Gasteiger partial charge in [-0.25, -0.2) is 4.98 Å². The van der Waals surface area contributed by atoms with Crippen molar-refractivity contribution in [1.82, 2.24) is 4.98 Å². The number of thiazole rings is 1. The average molecular weight is 300 g/mol. The maximum absolute atomic E-state index is 10.2. The maximum atomic E-state index is 10.2. The molecule has 1 saturated carbocycles. The molecule has 0 atom stereocenters. The number of thioether (sulfide) groups is 1. The molecule has 4 heteroatoms. The third-order valence-corrected chi connectivity index (χ3v) is 6.60. The van der Waals surface area contributed by atoms with Gasteiger partial charge in [-0.05, 0) is 33.1 Å². The highest BCUT2D eigenvalue weighted by Crippen LogP contribution is 2.35. The topological polar surface area (TPSA) is 33.1 Å². The summed E-state index contributed by atoms with van der Waals surface area (Å²) in [6.07, 6.45) is 7.85. The molecule has 0 saturated heterocycles. The lowest BCUT2D eigenvalue weighted by Crippen LogP contribution is -2.15. The van der Waals surface area contributed by atoms with Gasteiger partial charge in [0.15, 0.2) is 0 Å². The third kappa shape index (κ3) is 4.20. The molecule has 0 unspecified atom stereocenters. The molecule has 2 nitrogen and oxygen atoms in total. The van der Waals surface area contributed by atoms with Crippen LogP contribution in [0, 0.1) is 0 Å². The second-order valence-corrected chi connectivity index (χ2v) is 8.24. The molecule has 1 heterocycles. The van der Waals surface area contributed by atoms with Crippen LogP contribution in [0.4, 0.5) is 0 Å². The summed E-state index contributed by atoms with van der Waals surface area (Å²) in [5.74, 6) is 1.01. The van der Waals surface area contributed by atoms with Gasteiger partial charge in [0, 0.05) is 11.0 Å². The van der Waals surface area contributed by atoms with Crippen molar-refractivity contribution in [3.05, 3.63) is 15.6 Å². The van der Waals surface area contributed by atoms with Gasteiger partial charge >= 0.3 is 0 Å². The number of hydrogen-bond donors (Lipinski definition) is 1.